The van der Waals surface area contributed by atoms with Crippen molar-refractivity contribution in [1.29, 1.82) is 0 Å². The van der Waals surface area contributed by atoms with Crippen molar-refractivity contribution in [3.8, 4) is 0 Å². The Balaban J connectivity index is 1.92. The van der Waals surface area contributed by atoms with Gasteiger partial charge >= 0.3 is 0 Å². The summed E-state index contributed by atoms with van der Waals surface area (Å²) in [5, 5.41) is 10.3. The molecule has 2 rings (SSSR count). The van der Waals surface area contributed by atoms with Gasteiger partial charge in [0.15, 0.2) is 5.78 Å². The van der Waals surface area contributed by atoms with Gasteiger partial charge < -0.3 is 5.11 Å². The van der Waals surface area contributed by atoms with E-state index in [2.05, 4.69) is 147 Å². The maximum atomic E-state index is 12.2. The fraction of sp³-hybridized carbons (Fsp3) is 0.425. The highest BCUT2D eigenvalue weighted by Crippen LogP contribution is 2.41. The van der Waals surface area contributed by atoms with Crippen molar-refractivity contribution in [2.75, 3.05) is 0 Å². The summed E-state index contributed by atoms with van der Waals surface area (Å²) in [6, 6.07) is 0. The molecule has 0 aromatic rings. The zero-order chi connectivity index (χ0) is 31.5. The molecule has 1 N–H and O–H groups in total. The average molecular weight is 567 g/mol. The monoisotopic (exact) mass is 566 g/mol. The number of aliphatic hydroxyl groups excluding tert-OH is 1. The highest BCUT2D eigenvalue weighted by Gasteiger charge is 2.31. The normalized spacial score (nSPS) is 23.3. The van der Waals surface area contributed by atoms with Crippen molar-refractivity contribution in [1.82, 2.24) is 0 Å². The summed E-state index contributed by atoms with van der Waals surface area (Å²) < 4.78 is 0. The molecule has 2 aliphatic rings. The van der Waals surface area contributed by atoms with Crippen LogP contribution in [0.15, 0.2) is 130 Å². The predicted molar refractivity (Wildman–Crippen MR) is 183 cm³/mol. The molecule has 0 heterocycles. The van der Waals surface area contributed by atoms with Gasteiger partial charge in [0, 0.05) is 6.42 Å². The van der Waals surface area contributed by atoms with Crippen LogP contribution < -0.4 is 0 Å². The molecule has 2 aliphatic carbocycles. The number of carbonyl (C=O) groups excluding carboxylic acids is 1. The molecule has 42 heavy (non-hydrogen) atoms. The molecule has 226 valence electrons. The van der Waals surface area contributed by atoms with E-state index in [1.54, 1.807) is 0 Å². The Hall–Kier alpha value is -3.23. The van der Waals surface area contributed by atoms with Crippen molar-refractivity contribution in [3.63, 3.8) is 0 Å². The lowest BCUT2D eigenvalue weighted by Crippen LogP contribution is -2.27. The lowest BCUT2D eigenvalue weighted by Gasteiger charge is -2.35. The molecule has 0 radical (unpaired) electrons. The van der Waals surface area contributed by atoms with Crippen LogP contribution in [0, 0.1) is 10.8 Å². The zero-order valence-electron chi connectivity index (χ0n) is 27.8. The first-order chi connectivity index (χ1) is 19.6. The van der Waals surface area contributed by atoms with Gasteiger partial charge in [-0.25, -0.2) is 0 Å². The van der Waals surface area contributed by atoms with Gasteiger partial charge in [-0.05, 0) is 93.9 Å². The smallest absolute Gasteiger partial charge is 0.158 e. The van der Waals surface area contributed by atoms with E-state index in [-0.39, 0.29) is 22.7 Å². The lowest BCUT2D eigenvalue weighted by molar-refractivity contribution is -0.116. The Labute approximate surface area is 256 Å². The number of Topliss-reactive ketones (excluding diaryl/α,β-unsaturated/α-hetero) is 1. The Morgan fingerprint density at radius 2 is 1.10 bits per heavy atom. The molecular formula is C40H54O2. The van der Waals surface area contributed by atoms with E-state index in [0.717, 1.165) is 41.6 Å². The third-order valence-corrected chi connectivity index (χ3v) is 8.52. The molecule has 0 bridgehead atoms. The molecule has 0 saturated carbocycles. The molecule has 0 amide bonds. The standard InChI is InChI=1S/C40H54O2/c1-29(17-13-19-31(3)21-23-35-33(5)37(41)25-27-39(35,7)8)15-11-12-16-30(2)18-14-20-32(4)22-24-36-34(6)38(42)26-28-40(36,9)10/h11-24,37,41H,25-28H2,1-10H3/b12-11+,17-13+,18-14+,23-21+,24-22+,29-15+,30-16+,31-19+,32-20+/t37-/m0/s1. The fourth-order valence-corrected chi connectivity index (χ4v) is 5.45. The summed E-state index contributed by atoms with van der Waals surface area (Å²) >= 11 is 0. The summed E-state index contributed by atoms with van der Waals surface area (Å²) in [4.78, 5) is 12.2. The maximum Gasteiger partial charge on any atom is 0.158 e. The van der Waals surface area contributed by atoms with Crippen LogP contribution in [0.3, 0.4) is 0 Å². The van der Waals surface area contributed by atoms with Gasteiger partial charge in [0.2, 0.25) is 0 Å². The number of carbonyl (C=O) groups is 1. The van der Waals surface area contributed by atoms with Gasteiger partial charge in [-0.3, -0.25) is 4.79 Å². The second-order valence-electron chi connectivity index (χ2n) is 13.3. The van der Waals surface area contributed by atoms with E-state index < -0.39 is 0 Å². The van der Waals surface area contributed by atoms with E-state index in [1.165, 1.54) is 22.3 Å². The van der Waals surface area contributed by atoms with Gasteiger partial charge in [-0.2, -0.15) is 0 Å². The van der Waals surface area contributed by atoms with Crippen molar-refractivity contribution >= 4 is 5.78 Å². The first kappa shape index (κ1) is 35.0. The highest BCUT2D eigenvalue weighted by molar-refractivity contribution is 5.97. The third-order valence-electron chi connectivity index (χ3n) is 8.52. The van der Waals surface area contributed by atoms with Crippen LogP contribution in [0.4, 0.5) is 0 Å². The van der Waals surface area contributed by atoms with Crippen LogP contribution in [0.2, 0.25) is 0 Å². The molecule has 0 aromatic heterocycles. The van der Waals surface area contributed by atoms with Gasteiger partial charge in [0.25, 0.3) is 0 Å². The first-order valence-electron chi connectivity index (χ1n) is 15.4. The van der Waals surface area contributed by atoms with E-state index in [4.69, 9.17) is 0 Å². The summed E-state index contributed by atoms with van der Waals surface area (Å²) in [6.07, 6.45) is 32.6. The zero-order valence-corrected chi connectivity index (χ0v) is 27.8. The summed E-state index contributed by atoms with van der Waals surface area (Å²) in [6.45, 7) is 21.4. The molecule has 0 aliphatic heterocycles. The van der Waals surface area contributed by atoms with Crippen LogP contribution >= 0.6 is 0 Å². The molecule has 0 spiro atoms. The predicted octanol–water partition coefficient (Wildman–Crippen LogP) is 10.8. The minimum atomic E-state index is -0.318. The van der Waals surface area contributed by atoms with Gasteiger partial charge in [-0.1, -0.05) is 135 Å². The second-order valence-corrected chi connectivity index (χ2v) is 13.3. The van der Waals surface area contributed by atoms with E-state index in [1.807, 2.05) is 6.92 Å². The van der Waals surface area contributed by atoms with Gasteiger partial charge in [0.1, 0.15) is 0 Å². The van der Waals surface area contributed by atoms with E-state index in [0.29, 0.717) is 6.42 Å². The molecular weight excluding hydrogens is 512 g/mol. The van der Waals surface area contributed by atoms with Crippen LogP contribution in [0.5, 0.6) is 0 Å². The van der Waals surface area contributed by atoms with Crippen molar-refractivity contribution in [3.05, 3.63) is 130 Å². The molecule has 2 nitrogen and oxygen atoms in total. The van der Waals surface area contributed by atoms with Crippen molar-refractivity contribution < 1.29 is 9.90 Å². The van der Waals surface area contributed by atoms with Crippen molar-refractivity contribution in [2.45, 2.75) is 101 Å². The van der Waals surface area contributed by atoms with Crippen LogP contribution in [-0.2, 0) is 4.79 Å². The van der Waals surface area contributed by atoms with Gasteiger partial charge in [-0.15, -0.1) is 0 Å². The Morgan fingerprint density at radius 3 is 1.62 bits per heavy atom. The van der Waals surface area contributed by atoms with Crippen LogP contribution in [0.25, 0.3) is 0 Å². The van der Waals surface area contributed by atoms with Crippen molar-refractivity contribution in [2.24, 2.45) is 10.8 Å². The fourth-order valence-electron chi connectivity index (χ4n) is 5.45. The SMILES string of the molecule is CC1=C(/C=C/C(C)=C/C=C/C(C)=C/C=C/C=C(C)/C=C/C=C(C)/C=C/C2=C(C)[C@@H](O)CCC2(C)C)C(C)(C)CCC1=O. The van der Waals surface area contributed by atoms with Crippen LogP contribution in [-0.4, -0.2) is 17.0 Å². The number of hydrogen-bond donors (Lipinski definition) is 1. The second kappa shape index (κ2) is 15.8. The largest absolute Gasteiger partial charge is 0.389 e. The Morgan fingerprint density at radius 1 is 0.667 bits per heavy atom. The number of ketones is 1. The third kappa shape index (κ3) is 10.9. The molecule has 2 heteroatoms. The molecule has 0 aromatic carbocycles. The minimum Gasteiger partial charge on any atom is -0.389 e. The summed E-state index contributed by atoms with van der Waals surface area (Å²) in [5.41, 5.74) is 9.24. The molecule has 0 unspecified atom stereocenters. The number of rotatable bonds is 10. The summed E-state index contributed by atoms with van der Waals surface area (Å²) in [5.74, 6) is 0.273. The summed E-state index contributed by atoms with van der Waals surface area (Å²) in [7, 11) is 0. The van der Waals surface area contributed by atoms with E-state index >= 15 is 0 Å². The molecule has 1 atom stereocenters. The number of hydrogen-bond acceptors (Lipinski definition) is 2. The first-order valence-corrected chi connectivity index (χ1v) is 15.4. The molecule has 0 fully saturated rings. The Kier molecular flexibility index (Phi) is 13.2. The average Bonchev–Trinajstić information content (AvgIpc) is 2.91. The quantitative estimate of drug-likeness (QED) is 0.267. The minimum absolute atomic E-state index is 0.0428. The molecule has 0 saturated heterocycles. The van der Waals surface area contributed by atoms with E-state index in [9.17, 15) is 9.90 Å². The highest BCUT2D eigenvalue weighted by atomic mass is 16.3. The topological polar surface area (TPSA) is 37.3 Å². The number of aliphatic hydroxyl groups is 1. The van der Waals surface area contributed by atoms with Gasteiger partial charge in [0.05, 0.1) is 6.10 Å². The Bertz CT molecular complexity index is 1330. The maximum absolute atomic E-state index is 12.2. The lowest BCUT2D eigenvalue weighted by atomic mass is 9.71. The number of allylic oxidation sites excluding steroid dienone is 21. The van der Waals surface area contributed by atoms with Crippen LogP contribution in [0.1, 0.15) is 94.9 Å².